The number of carbonyl (C=O) groups excluding carboxylic acids is 2. The van der Waals surface area contributed by atoms with Crippen molar-refractivity contribution in [1.82, 2.24) is 30.0 Å². The first-order valence-corrected chi connectivity index (χ1v) is 9.48. The first kappa shape index (κ1) is 21.0. The van der Waals surface area contributed by atoms with Crippen LogP contribution in [0.3, 0.4) is 0 Å². The van der Waals surface area contributed by atoms with Crippen molar-refractivity contribution in [2.24, 2.45) is 0 Å². The molecular formula is C21H24N6O3. The largest absolute Gasteiger partial charge is 0.453 e. The summed E-state index contributed by atoms with van der Waals surface area (Å²) >= 11 is 0. The molecule has 0 radical (unpaired) electrons. The Morgan fingerprint density at radius 3 is 2.57 bits per heavy atom. The quantitative estimate of drug-likeness (QED) is 0.673. The van der Waals surface area contributed by atoms with Gasteiger partial charge in [-0.15, -0.1) is 0 Å². The first-order valence-electron chi connectivity index (χ1n) is 9.48. The van der Waals surface area contributed by atoms with Crippen LogP contribution in [0.5, 0.6) is 0 Å². The summed E-state index contributed by atoms with van der Waals surface area (Å²) in [4.78, 5) is 34.3. The van der Waals surface area contributed by atoms with Crippen molar-refractivity contribution in [3.05, 3.63) is 59.7 Å². The van der Waals surface area contributed by atoms with Gasteiger partial charge in [0.05, 0.1) is 30.4 Å². The Labute approximate surface area is 174 Å². The van der Waals surface area contributed by atoms with E-state index in [9.17, 15) is 9.59 Å². The standard InChI is InChI=1S/C21H24N6O3/c1-5-26(3)20(28)18-10-19(27(25-18)16-8-6-14(2)22-13-16)17-9-7-15(11-23-17)12-24-21(29)30-4/h6-11,13H,5,12H2,1-4H3,(H,24,29). The van der Waals surface area contributed by atoms with E-state index in [1.807, 2.05) is 38.1 Å². The highest BCUT2D eigenvalue weighted by atomic mass is 16.5. The minimum atomic E-state index is -0.507. The Kier molecular flexibility index (Phi) is 6.41. The molecule has 0 saturated carbocycles. The first-order chi connectivity index (χ1) is 14.4. The van der Waals surface area contributed by atoms with E-state index in [2.05, 4.69) is 25.1 Å². The lowest BCUT2D eigenvalue weighted by molar-refractivity contribution is 0.0796. The van der Waals surface area contributed by atoms with Crippen molar-refractivity contribution >= 4 is 12.0 Å². The number of carbonyl (C=O) groups is 2. The number of aromatic nitrogens is 4. The van der Waals surface area contributed by atoms with Gasteiger partial charge in [-0.1, -0.05) is 6.07 Å². The molecule has 9 heteroatoms. The predicted octanol–water partition coefficient (Wildman–Crippen LogP) is 2.59. The molecule has 0 unspecified atom stereocenters. The van der Waals surface area contributed by atoms with E-state index in [0.717, 1.165) is 16.9 Å². The van der Waals surface area contributed by atoms with Gasteiger partial charge in [0.2, 0.25) is 0 Å². The predicted molar refractivity (Wildman–Crippen MR) is 111 cm³/mol. The number of nitrogens with zero attached hydrogens (tertiary/aromatic N) is 5. The third kappa shape index (κ3) is 4.62. The lowest BCUT2D eigenvalue weighted by Gasteiger charge is -2.11. The van der Waals surface area contributed by atoms with Crippen molar-refractivity contribution in [3.63, 3.8) is 0 Å². The summed E-state index contributed by atoms with van der Waals surface area (Å²) in [6, 6.07) is 9.17. The highest BCUT2D eigenvalue weighted by Crippen LogP contribution is 2.23. The second-order valence-electron chi connectivity index (χ2n) is 6.70. The highest BCUT2D eigenvalue weighted by molar-refractivity contribution is 5.93. The van der Waals surface area contributed by atoms with Gasteiger partial charge in [-0.25, -0.2) is 9.48 Å². The van der Waals surface area contributed by atoms with Crippen molar-refractivity contribution in [2.75, 3.05) is 20.7 Å². The van der Waals surface area contributed by atoms with E-state index >= 15 is 0 Å². The normalized spacial score (nSPS) is 10.5. The van der Waals surface area contributed by atoms with Crippen LogP contribution in [0.25, 0.3) is 17.1 Å². The minimum Gasteiger partial charge on any atom is -0.453 e. The molecule has 0 bridgehead atoms. The van der Waals surface area contributed by atoms with Gasteiger partial charge in [0.1, 0.15) is 0 Å². The van der Waals surface area contributed by atoms with Crippen LogP contribution in [0, 0.1) is 6.92 Å². The molecule has 0 aliphatic carbocycles. The molecule has 0 atom stereocenters. The average Bonchev–Trinajstić information content (AvgIpc) is 3.22. The molecule has 3 aromatic rings. The smallest absolute Gasteiger partial charge is 0.407 e. The number of hydrogen-bond acceptors (Lipinski definition) is 6. The zero-order chi connectivity index (χ0) is 21.7. The molecule has 0 aromatic carbocycles. The zero-order valence-corrected chi connectivity index (χ0v) is 17.4. The number of amides is 2. The van der Waals surface area contributed by atoms with Gasteiger partial charge < -0.3 is 15.0 Å². The molecule has 3 aromatic heterocycles. The Hall–Kier alpha value is -3.75. The van der Waals surface area contributed by atoms with Crippen molar-refractivity contribution < 1.29 is 14.3 Å². The van der Waals surface area contributed by atoms with Crippen LogP contribution >= 0.6 is 0 Å². The number of hydrogen-bond donors (Lipinski definition) is 1. The molecule has 3 rings (SSSR count). The van der Waals surface area contributed by atoms with Crippen LogP contribution in [0.15, 0.2) is 42.7 Å². The fourth-order valence-electron chi connectivity index (χ4n) is 2.72. The van der Waals surface area contributed by atoms with E-state index in [0.29, 0.717) is 30.2 Å². The van der Waals surface area contributed by atoms with Crippen molar-refractivity contribution in [3.8, 4) is 17.1 Å². The van der Waals surface area contributed by atoms with Crippen molar-refractivity contribution in [1.29, 1.82) is 0 Å². The molecule has 0 fully saturated rings. The lowest BCUT2D eigenvalue weighted by atomic mass is 10.2. The highest BCUT2D eigenvalue weighted by Gasteiger charge is 2.19. The van der Waals surface area contributed by atoms with Gasteiger partial charge in [-0.2, -0.15) is 5.10 Å². The van der Waals surface area contributed by atoms with Crippen LogP contribution < -0.4 is 5.32 Å². The van der Waals surface area contributed by atoms with E-state index < -0.39 is 6.09 Å². The summed E-state index contributed by atoms with van der Waals surface area (Å²) in [5, 5.41) is 7.13. The molecular weight excluding hydrogens is 384 g/mol. The molecule has 0 saturated heterocycles. The average molecular weight is 408 g/mol. The molecule has 0 aliphatic rings. The summed E-state index contributed by atoms with van der Waals surface area (Å²) in [7, 11) is 3.04. The number of aryl methyl sites for hydroxylation is 1. The molecule has 156 valence electrons. The second-order valence-corrected chi connectivity index (χ2v) is 6.70. The van der Waals surface area contributed by atoms with Crippen LogP contribution in [-0.4, -0.2) is 57.4 Å². The molecule has 3 heterocycles. The third-order valence-corrected chi connectivity index (χ3v) is 4.60. The fraction of sp³-hybridized carbons (Fsp3) is 0.286. The van der Waals surface area contributed by atoms with Gasteiger partial charge in [0.15, 0.2) is 5.69 Å². The maximum absolute atomic E-state index is 12.7. The molecule has 2 amide bonds. The van der Waals surface area contributed by atoms with Crippen molar-refractivity contribution in [2.45, 2.75) is 20.4 Å². The number of rotatable bonds is 6. The third-order valence-electron chi connectivity index (χ3n) is 4.60. The summed E-state index contributed by atoms with van der Waals surface area (Å²) in [6.07, 6.45) is 2.86. The number of pyridine rings is 2. The Balaban J connectivity index is 1.97. The van der Waals surface area contributed by atoms with E-state index in [1.54, 1.807) is 35.1 Å². The van der Waals surface area contributed by atoms with Crippen LogP contribution in [0.4, 0.5) is 4.79 Å². The lowest BCUT2D eigenvalue weighted by Crippen LogP contribution is -2.26. The van der Waals surface area contributed by atoms with Crippen LogP contribution in [0.1, 0.15) is 28.7 Å². The van der Waals surface area contributed by atoms with E-state index in [-0.39, 0.29) is 5.91 Å². The molecule has 0 aliphatic heterocycles. The van der Waals surface area contributed by atoms with E-state index in [1.165, 1.54) is 7.11 Å². The van der Waals surface area contributed by atoms with Gasteiger partial charge in [0.25, 0.3) is 5.91 Å². The van der Waals surface area contributed by atoms with Gasteiger partial charge >= 0.3 is 6.09 Å². The number of methoxy groups -OCH3 is 1. The summed E-state index contributed by atoms with van der Waals surface area (Å²) < 4.78 is 6.23. The van der Waals surface area contributed by atoms with Crippen LogP contribution in [0.2, 0.25) is 0 Å². The second kappa shape index (κ2) is 9.17. The summed E-state index contributed by atoms with van der Waals surface area (Å²) in [5.74, 6) is -0.170. The topological polar surface area (TPSA) is 102 Å². The summed E-state index contributed by atoms with van der Waals surface area (Å²) in [5.41, 5.74) is 4.06. The Morgan fingerprint density at radius 1 is 1.17 bits per heavy atom. The van der Waals surface area contributed by atoms with E-state index in [4.69, 9.17) is 0 Å². The minimum absolute atomic E-state index is 0.170. The summed E-state index contributed by atoms with van der Waals surface area (Å²) in [6.45, 7) is 4.68. The maximum Gasteiger partial charge on any atom is 0.407 e. The molecule has 1 N–H and O–H groups in total. The zero-order valence-electron chi connectivity index (χ0n) is 17.4. The SMILES string of the molecule is CCN(C)C(=O)c1cc(-c2ccc(CNC(=O)OC)cn2)n(-c2ccc(C)nc2)n1. The maximum atomic E-state index is 12.7. The van der Waals surface area contributed by atoms with Gasteiger partial charge in [-0.05, 0) is 43.7 Å². The molecule has 9 nitrogen and oxygen atoms in total. The molecule has 0 spiro atoms. The number of ether oxygens (including phenoxy) is 1. The van der Waals surface area contributed by atoms with Gasteiger partial charge in [0, 0.05) is 32.0 Å². The van der Waals surface area contributed by atoms with Gasteiger partial charge in [-0.3, -0.25) is 14.8 Å². The molecule has 30 heavy (non-hydrogen) atoms. The monoisotopic (exact) mass is 408 g/mol. The fourth-order valence-corrected chi connectivity index (χ4v) is 2.72. The Morgan fingerprint density at radius 2 is 1.97 bits per heavy atom. The van der Waals surface area contributed by atoms with Crippen LogP contribution in [-0.2, 0) is 11.3 Å². The number of alkyl carbamates (subject to hydrolysis) is 1. The Bertz CT molecular complexity index is 1030. The number of nitrogens with one attached hydrogen (secondary N) is 1.